The van der Waals surface area contributed by atoms with Crippen LogP contribution in [0.3, 0.4) is 0 Å². The minimum atomic E-state index is -2.97. The number of sulfone groups is 1. The van der Waals surface area contributed by atoms with Crippen LogP contribution in [0.25, 0.3) is 0 Å². The summed E-state index contributed by atoms with van der Waals surface area (Å²) >= 11 is 0. The van der Waals surface area contributed by atoms with E-state index in [9.17, 15) is 13.2 Å². The predicted octanol–water partition coefficient (Wildman–Crippen LogP) is 0.643. The SMILES string of the molecule is CC(C)C[C@H](CN)CC(=O)N1CCS(=O)(=O)CC1C. The van der Waals surface area contributed by atoms with Gasteiger partial charge in [0.2, 0.25) is 5.91 Å². The van der Waals surface area contributed by atoms with Gasteiger partial charge in [0.05, 0.1) is 11.5 Å². The zero-order valence-electron chi connectivity index (χ0n) is 12.1. The standard InChI is InChI=1S/C13H26N2O3S/c1-10(2)6-12(8-14)7-13(16)15-4-5-19(17,18)9-11(15)3/h10-12H,4-9,14H2,1-3H3/t11?,12-/m0/s1. The lowest BCUT2D eigenvalue weighted by Crippen LogP contribution is -2.50. The largest absolute Gasteiger partial charge is 0.338 e. The summed E-state index contributed by atoms with van der Waals surface area (Å²) in [4.78, 5) is 13.9. The number of hydrogen-bond acceptors (Lipinski definition) is 4. The van der Waals surface area contributed by atoms with Crippen LogP contribution in [0.5, 0.6) is 0 Å². The van der Waals surface area contributed by atoms with Crippen LogP contribution in [-0.2, 0) is 14.6 Å². The summed E-state index contributed by atoms with van der Waals surface area (Å²) in [6, 6.07) is -0.219. The quantitative estimate of drug-likeness (QED) is 0.806. The van der Waals surface area contributed by atoms with Crippen molar-refractivity contribution >= 4 is 15.7 Å². The molecule has 1 saturated heterocycles. The molecule has 2 N–H and O–H groups in total. The van der Waals surface area contributed by atoms with Gasteiger partial charge in [0.15, 0.2) is 9.84 Å². The van der Waals surface area contributed by atoms with Crippen molar-refractivity contribution in [2.75, 3.05) is 24.6 Å². The van der Waals surface area contributed by atoms with Crippen LogP contribution in [0.1, 0.15) is 33.6 Å². The molecular formula is C13H26N2O3S. The molecule has 5 nitrogen and oxygen atoms in total. The second kappa shape index (κ2) is 6.70. The van der Waals surface area contributed by atoms with Gasteiger partial charge < -0.3 is 10.6 Å². The van der Waals surface area contributed by atoms with Crippen LogP contribution < -0.4 is 5.73 Å². The molecule has 1 amide bonds. The molecule has 0 aromatic rings. The number of amides is 1. The van der Waals surface area contributed by atoms with E-state index in [0.717, 1.165) is 6.42 Å². The molecule has 1 aliphatic rings. The van der Waals surface area contributed by atoms with Gasteiger partial charge in [-0.3, -0.25) is 4.79 Å². The van der Waals surface area contributed by atoms with Crippen LogP contribution in [0.2, 0.25) is 0 Å². The molecule has 1 heterocycles. The number of rotatable bonds is 5. The van der Waals surface area contributed by atoms with E-state index in [2.05, 4.69) is 13.8 Å². The average Bonchev–Trinajstić information content (AvgIpc) is 2.25. The Morgan fingerprint density at radius 2 is 2.05 bits per heavy atom. The highest BCUT2D eigenvalue weighted by Crippen LogP contribution is 2.19. The van der Waals surface area contributed by atoms with Crippen molar-refractivity contribution in [1.29, 1.82) is 0 Å². The van der Waals surface area contributed by atoms with Crippen LogP contribution in [0.4, 0.5) is 0 Å². The predicted molar refractivity (Wildman–Crippen MR) is 76.4 cm³/mol. The van der Waals surface area contributed by atoms with Crippen molar-refractivity contribution in [3.05, 3.63) is 0 Å². The Morgan fingerprint density at radius 1 is 1.42 bits per heavy atom. The molecule has 19 heavy (non-hydrogen) atoms. The maximum absolute atomic E-state index is 12.2. The lowest BCUT2D eigenvalue weighted by molar-refractivity contribution is -0.133. The van der Waals surface area contributed by atoms with Gasteiger partial charge in [0, 0.05) is 19.0 Å². The lowest BCUT2D eigenvalue weighted by atomic mass is 9.93. The summed E-state index contributed by atoms with van der Waals surface area (Å²) in [6.45, 7) is 6.85. The van der Waals surface area contributed by atoms with Gasteiger partial charge >= 0.3 is 0 Å². The van der Waals surface area contributed by atoms with E-state index < -0.39 is 9.84 Å². The molecule has 1 aliphatic heterocycles. The third kappa shape index (κ3) is 5.10. The van der Waals surface area contributed by atoms with E-state index in [0.29, 0.717) is 25.4 Å². The number of hydrogen-bond donors (Lipinski definition) is 1. The van der Waals surface area contributed by atoms with E-state index in [1.165, 1.54) is 0 Å². The van der Waals surface area contributed by atoms with E-state index in [1.807, 2.05) is 0 Å². The fraction of sp³-hybridized carbons (Fsp3) is 0.923. The molecule has 1 rings (SSSR count). The van der Waals surface area contributed by atoms with Gasteiger partial charge in [-0.2, -0.15) is 0 Å². The Kier molecular flexibility index (Phi) is 5.80. The first-order valence-corrected chi connectivity index (χ1v) is 8.77. The van der Waals surface area contributed by atoms with Crippen LogP contribution in [-0.4, -0.2) is 49.9 Å². The molecule has 0 aromatic heterocycles. The highest BCUT2D eigenvalue weighted by atomic mass is 32.2. The van der Waals surface area contributed by atoms with Gasteiger partial charge in [0.1, 0.15) is 0 Å². The summed E-state index contributed by atoms with van der Waals surface area (Å²) in [7, 11) is -2.97. The molecule has 0 saturated carbocycles. The normalized spacial score (nSPS) is 24.5. The van der Waals surface area contributed by atoms with Crippen molar-refractivity contribution in [1.82, 2.24) is 4.90 Å². The first kappa shape index (κ1) is 16.4. The van der Waals surface area contributed by atoms with Crippen molar-refractivity contribution < 1.29 is 13.2 Å². The van der Waals surface area contributed by atoms with Crippen LogP contribution >= 0.6 is 0 Å². The van der Waals surface area contributed by atoms with Gasteiger partial charge in [-0.15, -0.1) is 0 Å². The Labute approximate surface area is 116 Å². The zero-order chi connectivity index (χ0) is 14.6. The molecule has 1 fully saturated rings. The summed E-state index contributed by atoms with van der Waals surface area (Å²) < 4.78 is 23.0. The Bertz CT molecular complexity index is 406. The Balaban J connectivity index is 2.58. The summed E-state index contributed by atoms with van der Waals surface area (Å²) in [5, 5.41) is 0. The van der Waals surface area contributed by atoms with Gasteiger partial charge in [-0.25, -0.2) is 8.42 Å². The molecule has 2 atom stereocenters. The molecule has 0 radical (unpaired) electrons. The molecule has 0 aromatic carbocycles. The molecule has 0 aliphatic carbocycles. The maximum Gasteiger partial charge on any atom is 0.223 e. The van der Waals surface area contributed by atoms with E-state index in [4.69, 9.17) is 5.73 Å². The first-order chi connectivity index (χ1) is 8.75. The molecule has 0 spiro atoms. The molecule has 0 bridgehead atoms. The molecular weight excluding hydrogens is 264 g/mol. The Morgan fingerprint density at radius 3 is 2.53 bits per heavy atom. The zero-order valence-corrected chi connectivity index (χ0v) is 12.9. The third-order valence-corrected chi connectivity index (χ3v) is 5.39. The molecule has 1 unspecified atom stereocenters. The third-order valence-electron chi connectivity index (χ3n) is 3.59. The monoisotopic (exact) mass is 290 g/mol. The highest BCUT2D eigenvalue weighted by molar-refractivity contribution is 7.91. The fourth-order valence-electron chi connectivity index (χ4n) is 2.66. The van der Waals surface area contributed by atoms with E-state index in [1.54, 1.807) is 11.8 Å². The maximum atomic E-state index is 12.2. The average molecular weight is 290 g/mol. The number of carbonyl (C=O) groups is 1. The lowest BCUT2D eigenvalue weighted by Gasteiger charge is -2.34. The first-order valence-electron chi connectivity index (χ1n) is 6.95. The van der Waals surface area contributed by atoms with Gasteiger partial charge in [-0.1, -0.05) is 13.8 Å². The van der Waals surface area contributed by atoms with Gasteiger partial charge in [0.25, 0.3) is 0 Å². The van der Waals surface area contributed by atoms with Crippen molar-refractivity contribution in [2.24, 2.45) is 17.6 Å². The minimum absolute atomic E-state index is 0.0403. The molecule has 6 heteroatoms. The second-order valence-corrected chi connectivity index (χ2v) is 8.21. The van der Waals surface area contributed by atoms with Crippen LogP contribution in [0, 0.1) is 11.8 Å². The van der Waals surface area contributed by atoms with Gasteiger partial charge in [-0.05, 0) is 31.7 Å². The minimum Gasteiger partial charge on any atom is -0.338 e. The molecule has 112 valence electrons. The number of carbonyl (C=O) groups excluding carboxylic acids is 1. The van der Waals surface area contributed by atoms with E-state index in [-0.39, 0.29) is 29.4 Å². The van der Waals surface area contributed by atoms with Crippen molar-refractivity contribution in [3.63, 3.8) is 0 Å². The number of nitrogens with two attached hydrogens (primary N) is 1. The smallest absolute Gasteiger partial charge is 0.223 e. The summed E-state index contributed by atoms with van der Waals surface area (Å²) in [5.74, 6) is 0.911. The highest BCUT2D eigenvalue weighted by Gasteiger charge is 2.31. The van der Waals surface area contributed by atoms with Crippen molar-refractivity contribution in [3.8, 4) is 0 Å². The fourth-order valence-corrected chi connectivity index (χ4v) is 4.22. The topological polar surface area (TPSA) is 80.5 Å². The summed E-state index contributed by atoms with van der Waals surface area (Å²) in [6.07, 6.45) is 1.36. The van der Waals surface area contributed by atoms with Crippen molar-refractivity contribution in [2.45, 2.75) is 39.7 Å². The Hall–Kier alpha value is -0.620. The number of nitrogens with zero attached hydrogens (tertiary/aromatic N) is 1. The second-order valence-electron chi connectivity index (χ2n) is 5.99. The van der Waals surface area contributed by atoms with Crippen LogP contribution in [0.15, 0.2) is 0 Å². The summed E-state index contributed by atoms with van der Waals surface area (Å²) in [5.41, 5.74) is 5.71. The van der Waals surface area contributed by atoms with E-state index >= 15 is 0 Å².